The highest BCUT2D eigenvalue weighted by Crippen LogP contribution is 2.19. The molecule has 0 aliphatic carbocycles. The highest BCUT2D eigenvalue weighted by Gasteiger charge is 2.14. The molecule has 1 atom stereocenters. The molecule has 1 aromatic carbocycles. The monoisotopic (exact) mass is 200 g/mol. The number of hydrogen-bond donors (Lipinski definition) is 1. The maximum Gasteiger partial charge on any atom is 0.194 e. The minimum Gasteiger partial charge on any atom is -0.323 e. The standard InChI is InChI=1S/C9H7F3N2/c10-6-3-5(8(14)1-2-13)4-7(11)9(6)12/h3-4,8H,1,14H2/t8-/m1/s1. The van der Waals surface area contributed by atoms with E-state index in [-0.39, 0.29) is 12.0 Å². The van der Waals surface area contributed by atoms with E-state index in [1.165, 1.54) is 0 Å². The van der Waals surface area contributed by atoms with Crippen LogP contribution in [0.15, 0.2) is 12.1 Å². The Morgan fingerprint density at radius 2 is 1.79 bits per heavy atom. The molecule has 0 saturated carbocycles. The quantitative estimate of drug-likeness (QED) is 0.742. The van der Waals surface area contributed by atoms with Gasteiger partial charge < -0.3 is 5.73 Å². The Morgan fingerprint density at radius 1 is 1.29 bits per heavy atom. The van der Waals surface area contributed by atoms with Crippen LogP contribution in [0.25, 0.3) is 0 Å². The van der Waals surface area contributed by atoms with E-state index in [0.717, 1.165) is 12.1 Å². The lowest BCUT2D eigenvalue weighted by molar-refractivity contribution is 0.443. The maximum atomic E-state index is 12.7. The zero-order valence-corrected chi connectivity index (χ0v) is 7.10. The summed E-state index contributed by atoms with van der Waals surface area (Å²) in [5.41, 5.74) is 5.49. The molecule has 14 heavy (non-hydrogen) atoms. The molecular weight excluding hydrogens is 193 g/mol. The molecule has 0 aliphatic rings. The molecule has 0 bridgehead atoms. The molecule has 2 nitrogen and oxygen atoms in total. The van der Waals surface area contributed by atoms with Crippen molar-refractivity contribution in [3.63, 3.8) is 0 Å². The third-order valence-corrected chi connectivity index (χ3v) is 1.75. The van der Waals surface area contributed by atoms with Gasteiger partial charge in [-0.25, -0.2) is 13.2 Å². The summed E-state index contributed by atoms with van der Waals surface area (Å²) in [7, 11) is 0. The molecule has 1 rings (SSSR count). The molecule has 2 N–H and O–H groups in total. The first-order valence-electron chi connectivity index (χ1n) is 3.83. The van der Waals surface area contributed by atoms with Gasteiger partial charge in [-0.1, -0.05) is 0 Å². The predicted molar refractivity (Wildman–Crippen MR) is 43.5 cm³/mol. The van der Waals surface area contributed by atoms with Gasteiger partial charge >= 0.3 is 0 Å². The van der Waals surface area contributed by atoms with Crippen molar-refractivity contribution < 1.29 is 13.2 Å². The minimum atomic E-state index is -1.53. The smallest absolute Gasteiger partial charge is 0.194 e. The van der Waals surface area contributed by atoms with Crippen LogP contribution in [0.1, 0.15) is 18.0 Å². The van der Waals surface area contributed by atoms with Crippen molar-refractivity contribution in [2.24, 2.45) is 5.73 Å². The van der Waals surface area contributed by atoms with Gasteiger partial charge in [-0.2, -0.15) is 5.26 Å². The minimum absolute atomic E-state index is 0.0722. The van der Waals surface area contributed by atoms with Gasteiger partial charge in [0.1, 0.15) is 0 Å². The Balaban J connectivity index is 3.07. The number of halogens is 3. The van der Waals surface area contributed by atoms with E-state index in [0.29, 0.717) is 0 Å². The van der Waals surface area contributed by atoms with Gasteiger partial charge in [0.05, 0.1) is 12.5 Å². The fourth-order valence-corrected chi connectivity index (χ4v) is 1.01. The van der Waals surface area contributed by atoms with Crippen LogP contribution >= 0.6 is 0 Å². The second kappa shape index (κ2) is 4.11. The fraction of sp³-hybridized carbons (Fsp3) is 0.222. The summed E-state index contributed by atoms with van der Waals surface area (Å²) in [6.45, 7) is 0. The Labute approximate surface area is 78.8 Å². The van der Waals surface area contributed by atoms with Gasteiger partial charge in [0, 0.05) is 6.04 Å². The molecule has 0 fully saturated rings. The molecule has 0 amide bonds. The lowest BCUT2D eigenvalue weighted by Crippen LogP contribution is -2.10. The SMILES string of the molecule is N#CC[C@@H](N)c1cc(F)c(F)c(F)c1. The van der Waals surface area contributed by atoms with Crippen molar-refractivity contribution in [2.75, 3.05) is 0 Å². The summed E-state index contributed by atoms with van der Waals surface area (Å²) in [5.74, 6) is -4.13. The van der Waals surface area contributed by atoms with Gasteiger partial charge in [0.2, 0.25) is 0 Å². The van der Waals surface area contributed by atoms with Crippen LogP contribution in [0.5, 0.6) is 0 Å². The summed E-state index contributed by atoms with van der Waals surface area (Å²) >= 11 is 0. The maximum absolute atomic E-state index is 12.7. The third-order valence-electron chi connectivity index (χ3n) is 1.75. The number of benzene rings is 1. The summed E-state index contributed by atoms with van der Waals surface area (Å²) in [6, 6.07) is 2.54. The number of hydrogen-bond acceptors (Lipinski definition) is 2. The van der Waals surface area contributed by atoms with Crippen LogP contribution in [-0.2, 0) is 0 Å². The first-order valence-corrected chi connectivity index (χ1v) is 3.83. The molecule has 0 radical (unpaired) electrons. The van der Waals surface area contributed by atoms with Crippen molar-refractivity contribution in [3.8, 4) is 6.07 Å². The Kier molecular flexibility index (Phi) is 3.10. The average molecular weight is 200 g/mol. The van der Waals surface area contributed by atoms with Crippen molar-refractivity contribution in [3.05, 3.63) is 35.1 Å². The topological polar surface area (TPSA) is 49.8 Å². The third kappa shape index (κ3) is 2.03. The van der Waals surface area contributed by atoms with E-state index in [9.17, 15) is 13.2 Å². The molecule has 0 aliphatic heterocycles. The molecule has 0 unspecified atom stereocenters. The number of nitrogens with zero attached hydrogens (tertiary/aromatic N) is 1. The number of nitrogens with two attached hydrogens (primary N) is 1. The van der Waals surface area contributed by atoms with Gasteiger partial charge in [-0.3, -0.25) is 0 Å². The second-order valence-electron chi connectivity index (χ2n) is 2.77. The van der Waals surface area contributed by atoms with E-state index in [1.54, 1.807) is 6.07 Å². The van der Waals surface area contributed by atoms with Crippen molar-refractivity contribution in [1.82, 2.24) is 0 Å². The molecular formula is C9H7F3N2. The molecule has 1 aromatic rings. The summed E-state index contributed by atoms with van der Waals surface area (Å²) in [4.78, 5) is 0. The normalized spacial score (nSPS) is 12.2. The van der Waals surface area contributed by atoms with E-state index in [4.69, 9.17) is 11.0 Å². The molecule has 74 valence electrons. The van der Waals surface area contributed by atoms with Crippen LogP contribution in [0.2, 0.25) is 0 Å². The summed E-state index contributed by atoms with van der Waals surface area (Å²) < 4.78 is 37.9. The zero-order chi connectivity index (χ0) is 10.7. The van der Waals surface area contributed by atoms with Gasteiger partial charge in [0.25, 0.3) is 0 Å². The molecule has 0 saturated heterocycles. The van der Waals surface area contributed by atoms with Crippen molar-refractivity contribution in [2.45, 2.75) is 12.5 Å². The van der Waals surface area contributed by atoms with Gasteiger partial charge in [0.15, 0.2) is 17.5 Å². The van der Waals surface area contributed by atoms with Crippen LogP contribution in [0.3, 0.4) is 0 Å². The van der Waals surface area contributed by atoms with Crippen molar-refractivity contribution >= 4 is 0 Å². The number of nitriles is 1. The van der Waals surface area contributed by atoms with Crippen LogP contribution in [-0.4, -0.2) is 0 Å². The van der Waals surface area contributed by atoms with Crippen LogP contribution in [0, 0.1) is 28.8 Å². The van der Waals surface area contributed by atoms with Crippen LogP contribution in [0.4, 0.5) is 13.2 Å². The Bertz CT molecular complexity index is 361. The highest BCUT2D eigenvalue weighted by molar-refractivity contribution is 5.23. The summed E-state index contributed by atoms with van der Waals surface area (Å²) in [5, 5.41) is 8.30. The lowest BCUT2D eigenvalue weighted by atomic mass is 10.1. The Hall–Kier alpha value is -1.54. The molecule has 0 aromatic heterocycles. The summed E-state index contributed by atoms with van der Waals surface area (Å²) in [6.07, 6.45) is -0.0789. The molecule has 5 heteroatoms. The number of rotatable bonds is 2. The lowest BCUT2D eigenvalue weighted by Gasteiger charge is -2.08. The second-order valence-corrected chi connectivity index (χ2v) is 2.77. The predicted octanol–water partition coefficient (Wildman–Crippen LogP) is 2.02. The van der Waals surface area contributed by atoms with E-state index in [2.05, 4.69) is 0 Å². The molecule has 0 spiro atoms. The first kappa shape index (κ1) is 10.5. The van der Waals surface area contributed by atoms with E-state index >= 15 is 0 Å². The van der Waals surface area contributed by atoms with Gasteiger partial charge in [-0.15, -0.1) is 0 Å². The van der Waals surface area contributed by atoms with Crippen LogP contribution < -0.4 is 5.73 Å². The van der Waals surface area contributed by atoms with E-state index < -0.39 is 23.5 Å². The molecule has 0 heterocycles. The Morgan fingerprint density at radius 3 is 2.21 bits per heavy atom. The van der Waals surface area contributed by atoms with Crippen molar-refractivity contribution in [1.29, 1.82) is 5.26 Å². The van der Waals surface area contributed by atoms with E-state index in [1.807, 2.05) is 0 Å². The zero-order valence-electron chi connectivity index (χ0n) is 7.10. The largest absolute Gasteiger partial charge is 0.323 e. The average Bonchev–Trinajstić information content (AvgIpc) is 2.13. The highest BCUT2D eigenvalue weighted by atomic mass is 19.2. The fourth-order valence-electron chi connectivity index (χ4n) is 1.01. The van der Waals surface area contributed by atoms with Gasteiger partial charge in [-0.05, 0) is 17.7 Å². The first-order chi connectivity index (χ1) is 6.56.